The lowest BCUT2D eigenvalue weighted by molar-refractivity contribution is -0.128. The van der Waals surface area contributed by atoms with Gasteiger partial charge in [0.05, 0.1) is 10.9 Å². The average Bonchev–Trinajstić information content (AvgIpc) is 2.94. The Hall–Kier alpha value is -2.71. The van der Waals surface area contributed by atoms with Gasteiger partial charge in [-0.25, -0.2) is 18.1 Å². The molecule has 2 amide bonds. The van der Waals surface area contributed by atoms with E-state index in [0.29, 0.717) is 0 Å². The first kappa shape index (κ1) is 16.7. The molecular weight excluding hydrogens is 356 g/mol. The van der Waals surface area contributed by atoms with Gasteiger partial charge in [-0.3, -0.25) is 4.79 Å². The van der Waals surface area contributed by atoms with Crippen LogP contribution in [0.5, 0.6) is 0 Å². The van der Waals surface area contributed by atoms with E-state index in [9.17, 15) is 18.0 Å². The summed E-state index contributed by atoms with van der Waals surface area (Å²) < 4.78 is 31.6. The van der Waals surface area contributed by atoms with Crippen molar-refractivity contribution in [2.24, 2.45) is 0 Å². The molecule has 7 nitrogen and oxygen atoms in total. The number of hydrogen-bond donors (Lipinski definition) is 0. The first-order chi connectivity index (χ1) is 12.5. The summed E-state index contributed by atoms with van der Waals surface area (Å²) in [5, 5.41) is 0. The highest BCUT2D eigenvalue weighted by Crippen LogP contribution is 2.28. The molecule has 2 aromatic carbocycles. The second-order valence-electron chi connectivity index (χ2n) is 6.19. The number of rotatable bonds is 4. The van der Waals surface area contributed by atoms with Gasteiger partial charge in [0.1, 0.15) is 0 Å². The number of imide groups is 1. The highest BCUT2D eigenvalue weighted by atomic mass is 32.2. The van der Waals surface area contributed by atoms with E-state index in [1.165, 1.54) is 4.31 Å². The predicted molar refractivity (Wildman–Crippen MR) is 92.6 cm³/mol. The van der Waals surface area contributed by atoms with Crippen LogP contribution >= 0.6 is 0 Å². The monoisotopic (exact) mass is 372 g/mol. The van der Waals surface area contributed by atoms with Gasteiger partial charge in [-0.05, 0) is 23.3 Å². The zero-order chi connectivity index (χ0) is 18.3. The van der Waals surface area contributed by atoms with Gasteiger partial charge in [0.25, 0.3) is 5.91 Å². The highest BCUT2D eigenvalue weighted by molar-refractivity contribution is 7.89. The second-order valence-corrected chi connectivity index (χ2v) is 8.13. The Morgan fingerprint density at radius 1 is 0.923 bits per heavy atom. The molecular formula is C18H16N2O5S. The summed E-state index contributed by atoms with van der Waals surface area (Å²) in [5.74, 6) is -0.428. The van der Waals surface area contributed by atoms with Crippen molar-refractivity contribution < 1.29 is 22.7 Å². The molecule has 2 aliphatic heterocycles. The molecule has 0 atom stereocenters. The first-order valence-corrected chi connectivity index (χ1v) is 9.55. The maximum absolute atomic E-state index is 12.8. The maximum atomic E-state index is 12.8. The summed E-state index contributed by atoms with van der Waals surface area (Å²) in [7, 11) is -3.69. The number of hydrogen-bond acceptors (Lipinski definition) is 5. The van der Waals surface area contributed by atoms with Crippen LogP contribution in [0.4, 0.5) is 4.79 Å². The minimum Gasteiger partial charge on any atom is -0.439 e. The number of sulfonamides is 1. The van der Waals surface area contributed by atoms with Gasteiger partial charge in [0, 0.05) is 13.1 Å². The van der Waals surface area contributed by atoms with Gasteiger partial charge in [0.2, 0.25) is 10.0 Å². The Morgan fingerprint density at radius 3 is 2.27 bits per heavy atom. The third kappa shape index (κ3) is 2.77. The molecule has 0 unspecified atom stereocenters. The van der Waals surface area contributed by atoms with E-state index in [4.69, 9.17) is 0 Å². The summed E-state index contributed by atoms with van der Waals surface area (Å²) in [6.07, 6.45) is -0.705. The molecule has 2 saturated heterocycles. The summed E-state index contributed by atoms with van der Waals surface area (Å²) in [4.78, 5) is 24.4. The molecule has 26 heavy (non-hydrogen) atoms. The molecule has 134 valence electrons. The lowest BCUT2D eigenvalue weighted by atomic mass is 10.1. The number of amides is 2. The SMILES string of the molecule is O=C1COC(=O)N1C1CN(S(=O)(=O)c2cccc(-c3ccccc3)c2)C1. The number of benzene rings is 2. The zero-order valence-electron chi connectivity index (χ0n) is 13.7. The number of ether oxygens (including phenoxy) is 1. The van der Waals surface area contributed by atoms with Crippen LogP contribution in [0.2, 0.25) is 0 Å². The Bertz CT molecular complexity index is 952. The predicted octanol–water partition coefficient (Wildman–Crippen LogP) is 1.71. The Balaban J connectivity index is 1.53. The number of carbonyl (C=O) groups is 2. The fourth-order valence-electron chi connectivity index (χ4n) is 3.11. The van der Waals surface area contributed by atoms with Crippen molar-refractivity contribution in [1.82, 2.24) is 9.21 Å². The third-order valence-electron chi connectivity index (χ3n) is 4.56. The van der Waals surface area contributed by atoms with Crippen LogP contribution < -0.4 is 0 Å². The fraction of sp³-hybridized carbons (Fsp3) is 0.222. The number of nitrogens with zero attached hydrogens (tertiary/aromatic N) is 2. The molecule has 0 aromatic heterocycles. The van der Waals surface area contributed by atoms with E-state index >= 15 is 0 Å². The molecule has 2 aromatic rings. The van der Waals surface area contributed by atoms with Crippen LogP contribution in [-0.2, 0) is 19.6 Å². The van der Waals surface area contributed by atoms with Gasteiger partial charge in [0.15, 0.2) is 6.61 Å². The molecule has 0 N–H and O–H groups in total. The van der Waals surface area contributed by atoms with Crippen LogP contribution in [0.25, 0.3) is 11.1 Å². The van der Waals surface area contributed by atoms with E-state index in [-0.39, 0.29) is 24.6 Å². The van der Waals surface area contributed by atoms with Gasteiger partial charge in [-0.1, -0.05) is 42.5 Å². The zero-order valence-corrected chi connectivity index (χ0v) is 14.6. The molecule has 0 aliphatic carbocycles. The molecule has 0 spiro atoms. The minimum atomic E-state index is -3.69. The van der Waals surface area contributed by atoms with E-state index in [2.05, 4.69) is 4.74 Å². The van der Waals surface area contributed by atoms with Gasteiger partial charge < -0.3 is 4.74 Å². The van der Waals surface area contributed by atoms with Crippen LogP contribution in [0.1, 0.15) is 0 Å². The minimum absolute atomic E-state index is 0.0821. The first-order valence-electron chi connectivity index (χ1n) is 8.11. The fourth-order valence-corrected chi connectivity index (χ4v) is 4.67. The molecule has 2 heterocycles. The number of carbonyl (C=O) groups excluding carboxylic acids is 2. The van der Waals surface area contributed by atoms with Crippen molar-refractivity contribution in [2.75, 3.05) is 19.7 Å². The molecule has 8 heteroatoms. The Labute approximate surface area is 150 Å². The van der Waals surface area contributed by atoms with Crippen molar-refractivity contribution in [3.8, 4) is 11.1 Å². The van der Waals surface area contributed by atoms with Crippen LogP contribution in [0, 0.1) is 0 Å². The molecule has 0 radical (unpaired) electrons. The Morgan fingerprint density at radius 2 is 1.62 bits per heavy atom. The largest absolute Gasteiger partial charge is 0.439 e. The summed E-state index contributed by atoms with van der Waals surface area (Å²) in [6.45, 7) is -0.112. The second kappa shape index (κ2) is 6.22. The van der Waals surface area contributed by atoms with Crippen molar-refractivity contribution in [3.05, 3.63) is 54.6 Å². The van der Waals surface area contributed by atoms with Crippen molar-refractivity contribution in [2.45, 2.75) is 10.9 Å². The Kier molecular flexibility index (Phi) is 4.01. The lowest BCUT2D eigenvalue weighted by Crippen LogP contribution is -2.62. The van der Waals surface area contributed by atoms with Gasteiger partial charge in [-0.2, -0.15) is 4.31 Å². The van der Waals surface area contributed by atoms with E-state index in [1.54, 1.807) is 18.2 Å². The van der Waals surface area contributed by atoms with Crippen molar-refractivity contribution in [3.63, 3.8) is 0 Å². The standard InChI is InChI=1S/C18H16N2O5S/c21-17-12-25-18(22)20(17)15-10-19(11-15)26(23,24)16-8-4-7-14(9-16)13-5-2-1-3-6-13/h1-9,15H,10-12H2. The summed E-state index contributed by atoms with van der Waals surface area (Å²) in [6, 6.07) is 15.8. The average molecular weight is 372 g/mol. The van der Waals surface area contributed by atoms with Crippen molar-refractivity contribution >= 4 is 22.0 Å². The lowest BCUT2D eigenvalue weighted by Gasteiger charge is -2.40. The van der Waals surface area contributed by atoms with Crippen LogP contribution in [-0.4, -0.2) is 55.4 Å². The highest BCUT2D eigenvalue weighted by Gasteiger charge is 2.46. The van der Waals surface area contributed by atoms with Crippen LogP contribution in [0.3, 0.4) is 0 Å². The molecule has 0 bridgehead atoms. The van der Waals surface area contributed by atoms with Crippen LogP contribution in [0.15, 0.2) is 59.5 Å². The maximum Gasteiger partial charge on any atom is 0.417 e. The van der Waals surface area contributed by atoms with Gasteiger partial charge in [-0.15, -0.1) is 0 Å². The van der Waals surface area contributed by atoms with E-state index < -0.39 is 28.1 Å². The quantitative estimate of drug-likeness (QED) is 0.816. The molecule has 2 fully saturated rings. The summed E-state index contributed by atoms with van der Waals surface area (Å²) >= 11 is 0. The third-order valence-corrected chi connectivity index (χ3v) is 6.38. The number of cyclic esters (lactones) is 1. The molecule has 4 rings (SSSR count). The van der Waals surface area contributed by atoms with E-state index in [1.807, 2.05) is 36.4 Å². The topological polar surface area (TPSA) is 84.0 Å². The normalized spacial score (nSPS) is 18.7. The molecule has 2 aliphatic rings. The summed E-state index contributed by atoms with van der Waals surface area (Å²) in [5.41, 5.74) is 1.73. The smallest absolute Gasteiger partial charge is 0.417 e. The molecule has 0 saturated carbocycles. The van der Waals surface area contributed by atoms with Gasteiger partial charge >= 0.3 is 6.09 Å². The van der Waals surface area contributed by atoms with Crippen molar-refractivity contribution in [1.29, 1.82) is 0 Å². The van der Waals surface area contributed by atoms with E-state index in [0.717, 1.165) is 16.0 Å².